The summed E-state index contributed by atoms with van der Waals surface area (Å²) in [5.41, 5.74) is 0.752. The predicted molar refractivity (Wildman–Crippen MR) is 73.9 cm³/mol. The lowest BCUT2D eigenvalue weighted by Crippen LogP contribution is -2.00. The molecular weight excluding hydrogens is 285 g/mol. The molecule has 0 spiro atoms. The van der Waals surface area contributed by atoms with Gasteiger partial charge in [0.15, 0.2) is 5.52 Å². The van der Waals surface area contributed by atoms with Crippen LogP contribution in [0.25, 0.3) is 0 Å². The topological polar surface area (TPSA) is 17.1 Å². The van der Waals surface area contributed by atoms with Gasteiger partial charge in [-0.1, -0.05) is 48.7 Å². The molecule has 5 heteroatoms. The molecule has 1 rings (SSSR count). The minimum atomic E-state index is 0.000941. The third-order valence-corrected chi connectivity index (χ3v) is 4.45. The van der Waals surface area contributed by atoms with Gasteiger partial charge in [-0.2, -0.15) is 0 Å². The van der Waals surface area contributed by atoms with Gasteiger partial charge in [-0.15, -0.1) is 0 Å². The lowest BCUT2D eigenvalue weighted by molar-refractivity contribution is 0.108. The maximum atomic E-state index is 12.0. The predicted octanol–water partition coefficient (Wildman–Crippen LogP) is 5.26. The Labute approximate surface area is 112 Å². The summed E-state index contributed by atoms with van der Waals surface area (Å²) >= 11 is 17.7. The fourth-order valence-electron chi connectivity index (χ4n) is 1.16. The molecule has 1 nitrogen and oxygen atoms in total. The molecular formula is C11H12Cl3OP. The van der Waals surface area contributed by atoms with E-state index in [4.69, 9.17) is 34.8 Å². The smallest absolute Gasteiger partial charge is 0.184 e. The Bertz CT molecular complexity index is 383. The number of hydrogen-bond donors (Lipinski definition) is 0. The van der Waals surface area contributed by atoms with Crippen LogP contribution in [0, 0.1) is 0 Å². The molecule has 16 heavy (non-hydrogen) atoms. The maximum absolute atomic E-state index is 12.0. The molecule has 1 aromatic rings. The molecule has 88 valence electrons. The Morgan fingerprint density at radius 3 is 2.25 bits per heavy atom. The van der Waals surface area contributed by atoms with E-state index in [0.29, 0.717) is 26.3 Å². The molecule has 0 aliphatic heterocycles. The molecule has 2 atom stereocenters. The van der Waals surface area contributed by atoms with Crippen molar-refractivity contribution in [1.29, 1.82) is 0 Å². The molecule has 2 unspecified atom stereocenters. The number of carbonyl (C=O) groups excluding carboxylic acids is 1. The van der Waals surface area contributed by atoms with Crippen molar-refractivity contribution < 1.29 is 4.79 Å². The third kappa shape index (κ3) is 3.60. The van der Waals surface area contributed by atoms with Crippen LogP contribution in [0.5, 0.6) is 0 Å². The Kier molecular flexibility index (Phi) is 5.53. The first kappa shape index (κ1) is 14.3. The second-order valence-electron chi connectivity index (χ2n) is 3.53. The van der Waals surface area contributed by atoms with Crippen LogP contribution in [0.1, 0.15) is 30.6 Å². The minimum Gasteiger partial charge on any atom is -0.289 e. The normalized spacial score (nSPS) is 13.3. The van der Waals surface area contributed by atoms with Gasteiger partial charge >= 0.3 is 0 Å². The van der Waals surface area contributed by atoms with Gasteiger partial charge in [0.25, 0.3) is 0 Å². The molecule has 0 bridgehead atoms. The number of carbonyl (C=O) groups is 1. The van der Waals surface area contributed by atoms with E-state index in [2.05, 4.69) is 6.92 Å². The first-order chi connectivity index (χ1) is 7.45. The van der Waals surface area contributed by atoms with E-state index >= 15 is 0 Å². The van der Waals surface area contributed by atoms with E-state index < -0.39 is 0 Å². The summed E-state index contributed by atoms with van der Waals surface area (Å²) in [7, 11) is 0.196. The van der Waals surface area contributed by atoms with Gasteiger partial charge in [0.1, 0.15) is 0 Å². The highest BCUT2D eigenvalue weighted by Gasteiger charge is 2.17. The van der Waals surface area contributed by atoms with Gasteiger partial charge in [-0.3, -0.25) is 4.79 Å². The van der Waals surface area contributed by atoms with Crippen molar-refractivity contribution in [3.05, 3.63) is 32.8 Å². The summed E-state index contributed by atoms with van der Waals surface area (Å²) in [4.78, 5) is 12.0. The highest BCUT2D eigenvalue weighted by atomic mass is 35.5. The van der Waals surface area contributed by atoms with Crippen molar-refractivity contribution in [3.63, 3.8) is 0 Å². The fraction of sp³-hybridized carbons (Fsp3) is 0.364. The Morgan fingerprint density at radius 2 is 1.81 bits per heavy atom. The third-order valence-electron chi connectivity index (χ3n) is 2.22. The average Bonchev–Trinajstić information content (AvgIpc) is 2.15. The van der Waals surface area contributed by atoms with Crippen molar-refractivity contribution >= 4 is 48.9 Å². The molecule has 0 N–H and O–H groups in total. The van der Waals surface area contributed by atoms with Crippen LogP contribution in [-0.4, -0.2) is 11.2 Å². The number of rotatable bonds is 4. The van der Waals surface area contributed by atoms with Gasteiger partial charge in [0, 0.05) is 5.02 Å². The van der Waals surface area contributed by atoms with Crippen molar-refractivity contribution in [2.45, 2.75) is 25.9 Å². The number of halogens is 3. The van der Waals surface area contributed by atoms with Gasteiger partial charge in [0.2, 0.25) is 0 Å². The summed E-state index contributed by atoms with van der Waals surface area (Å²) in [6.45, 7) is 4.09. The van der Waals surface area contributed by atoms with Crippen LogP contribution in [0.3, 0.4) is 0 Å². The van der Waals surface area contributed by atoms with Crippen molar-refractivity contribution in [2.24, 2.45) is 0 Å². The highest BCUT2D eigenvalue weighted by Crippen LogP contribution is 2.35. The number of hydrogen-bond acceptors (Lipinski definition) is 1. The lowest BCUT2D eigenvalue weighted by Gasteiger charge is -2.10. The summed E-state index contributed by atoms with van der Waals surface area (Å²) < 4.78 is 0. The van der Waals surface area contributed by atoms with Crippen LogP contribution in [0.15, 0.2) is 12.1 Å². The van der Waals surface area contributed by atoms with E-state index in [1.54, 1.807) is 12.1 Å². The molecule has 0 amide bonds. The molecule has 0 aliphatic carbocycles. The van der Waals surface area contributed by atoms with Gasteiger partial charge < -0.3 is 0 Å². The summed E-state index contributed by atoms with van der Waals surface area (Å²) in [5, 5.41) is 1.11. The van der Waals surface area contributed by atoms with Crippen molar-refractivity contribution in [2.75, 3.05) is 0 Å². The molecule has 1 aromatic carbocycles. The quantitative estimate of drug-likeness (QED) is 0.692. The SMILES string of the molecule is CCC(C)PC(=O)c1c(Cl)cc(Cl)cc1Cl. The summed E-state index contributed by atoms with van der Waals surface area (Å²) in [6, 6.07) is 3.09. The van der Waals surface area contributed by atoms with E-state index in [0.717, 1.165) is 6.42 Å². The van der Waals surface area contributed by atoms with E-state index in [1.807, 2.05) is 6.92 Å². The van der Waals surface area contributed by atoms with Gasteiger partial charge in [-0.05, 0) is 32.8 Å². The van der Waals surface area contributed by atoms with E-state index in [9.17, 15) is 4.79 Å². The fourth-order valence-corrected chi connectivity index (χ4v) is 3.37. The van der Waals surface area contributed by atoms with E-state index in [1.165, 1.54) is 0 Å². The molecule has 0 fully saturated rings. The second-order valence-corrected chi connectivity index (χ2v) is 6.51. The molecule has 0 saturated heterocycles. The van der Waals surface area contributed by atoms with Gasteiger partial charge in [-0.25, -0.2) is 0 Å². The van der Waals surface area contributed by atoms with E-state index in [-0.39, 0.29) is 14.1 Å². The van der Waals surface area contributed by atoms with Crippen LogP contribution >= 0.6 is 43.4 Å². The van der Waals surface area contributed by atoms with Gasteiger partial charge in [0.05, 0.1) is 15.6 Å². The highest BCUT2D eigenvalue weighted by molar-refractivity contribution is 7.59. The Balaban J connectivity index is 3.00. The first-order valence-corrected chi connectivity index (χ1v) is 7.12. The first-order valence-electron chi connectivity index (χ1n) is 4.91. The monoisotopic (exact) mass is 296 g/mol. The number of benzene rings is 1. The minimum absolute atomic E-state index is 0.000941. The summed E-state index contributed by atoms with van der Waals surface area (Å²) in [6.07, 6.45) is 0.965. The van der Waals surface area contributed by atoms with Crippen LogP contribution < -0.4 is 0 Å². The zero-order valence-electron chi connectivity index (χ0n) is 8.98. The van der Waals surface area contributed by atoms with Crippen molar-refractivity contribution in [3.8, 4) is 0 Å². The van der Waals surface area contributed by atoms with Crippen LogP contribution in [0.2, 0.25) is 15.1 Å². The average molecular weight is 298 g/mol. The zero-order valence-corrected chi connectivity index (χ0v) is 12.2. The summed E-state index contributed by atoms with van der Waals surface area (Å²) in [5.74, 6) is 0. The van der Waals surface area contributed by atoms with Crippen LogP contribution in [0.4, 0.5) is 0 Å². The molecule has 0 aromatic heterocycles. The molecule has 0 saturated carbocycles. The largest absolute Gasteiger partial charge is 0.289 e. The Hall–Kier alpha value is 0.190. The van der Waals surface area contributed by atoms with Crippen molar-refractivity contribution in [1.82, 2.24) is 0 Å². The lowest BCUT2D eigenvalue weighted by atomic mass is 10.2. The zero-order chi connectivity index (χ0) is 12.3. The second kappa shape index (κ2) is 6.21. The molecule has 0 aliphatic rings. The standard InChI is InChI=1S/C11H12Cl3OP/c1-3-6(2)16-11(15)10-8(13)4-7(12)5-9(10)14/h4-6,16H,3H2,1-2H3. The maximum Gasteiger partial charge on any atom is 0.184 e. The molecule has 0 radical (unpaired) electrons. The Morgan fingerprint density at radius 1 is 1.31 bits per heavy atom. The molecule has 0 heterocycles. The van der Waals surface area contributed by atoms with Crippen LogP contribution in [-0.2, 0) is 0 Å².